The van der Waals surface area contributed by atoms with Gasteiger partial charge < -0.3 is 5.11 Å². The van der Waals surface area contributed by atoms with E-state index in [1.165, 1.54) is 38.5 Å². The van der Waals surface area contributed by atoms with Gasteiger partial charge in [-0.15, -0.1) is 0 Å². The van der Waals surface area contributed by atoms with Crippen LogP contribution >= 0.6 is 0 Å². The Balaban J connectivity index is 3.39. The van der Waals surface area contributed by atoms with Crippen molar-refractivity contribution in [2.45, 2.75) is 72.6 Å². The van der Waals surface area contributed by atoms with Crippen LogP contribution in [-0.2, 0) is 0 Å². The normalized spacial score (nSPS) is 17.1. The highest BCUT2D eigenvalue weighted by Crippen LogP contribution is 2.21. The van der Waals surface area contributed by atoms with Crippen molar-refractivity contribution in [3.05, 3.63) is 0 Å². The van der Waals surface area contributed by atoms with Gasteiger partial charge in [0.15, 0.2) is 0 Å². The summed E-state index contributed by atoms with van der Waals surface area (Å²) >= 11 is 0. The molecule has 3 atom stereocenters. The Labute approximate surface area is 103 Å². The van der Waals surface area contributed by atoms with Crippen molar-refractivity contribution >= 4 is 0 Å². The number of hydrogen-bond donors (Lipinski definition) is 1. The van der Waals surface area contributed by atoms with Crippen molar-refractivity contribution in [1.29, 1.82) is 0 Å². The van der Waals surface area contributed by atoms with E-state index in [1.54, 1.807) is 0 Å². The third-order valence-corrected chi connectivity index (χ3v) is 3.86. The number of rotatable bonds is 10. The molecule has 98 valence electrons. The fraction of sp³-hybridized carbons (Fsp3) is 1.00. The van der Waals surface area contributed by atoms with Crippen LogP contribution in [0.5, 0.6) is 0 Å². The highest BCUT2D eigenvalue weighted by atomic mass is 16.3. The molecular weight excluding hydrogens is 196 g/mol. The summed E-state index contributed by atoms with van der Waals surface area (Å²) in [5, 5.41) is 8.82. The smallest absolute Gasteiger partial charge is 0.0433 e. The maximum Gasteiger partial charge on any atom is 0.0433 e. The Kier molecular flexibility index (Phi) is 10.1. The lowest BCUT2D eigenvalue weighted by atomic mass is 9.91. The Morgan fingerprint density at radius 2 is 1.25 bits per heavy atom. The third-order valence-electron chi connectivity index (χ3n) is 3.86. The molecule has 0 aliphatic rings. The molecule has 1 unspecified atom stereocenters. The molecule has 0 radical (unpaired) electrons. The van der Waals surface area contributed by atoms with E-state index in [1.807, 2.05) is 0 Å². The Hall–Kier alpha value is -0.0400. The van der Waals surface area contributed by atoms with Crippen LogP contribution in [0.25, 0.3) is 0 Å². The summed E-state index contributed by atoms with van der Waals surface area (Å²) in [5.41, 5.74) is 0. The standard InChI is InChI=1S/C15H32O/c1-5-13(2)9-10-14(3)7-6-8-15(4)11-12-16/h13-16H,5-12H2,1-4H3/t13?,14-,15-/m1/s1. The topological polar surface area (TPSA) is 20.2 Å². The zero-order valence-electron chi connectivity index (χ0n) is 11.8. The van der Waals surface area contributed by atoms with Gasteiger partial charge in [0.05, 0.1) is 0 Å². The summed E-state index contributed by atoms with van der Waals surface area (Å²) < 4.78 is 0. The first-order chi connectivity index (χ1) is 7.60. The lowest BCUT2D eigenvalue weighted by molar-refractivity contribution is 0.254. The molecule has 1 heteroatoms. The Morgan fingerprint density at radius 1 is 0.750 bits per heavy atom. The molecule has 16 heavy (non-hydrogen) atoms. The maximum atomic E-state index is 8.82. The highest BCUT2D eigenvalue weighted by molar-refractivity contribution is 4.59. The van der Waals surface area contributed by atoms with E-state index in [4.69, 9.17) is 5.11 Å². The minimum absolute atomic E-state index is 0.352. The number of aliphatic hydroxyl groups excluding tert-OH is 1. The lowest BCUT2D eigenvalue weighted by Gasteiger charge is -2.15. The second-order valence-corrected chi connectivity index (χ2v) is 5.74. The largest absolute Gasteiger partial charge is 0.396 e. The average molecular weight is 228 g/mol. The summed E-state index contributed by atoms with van der Waals surface area (Å²) in [6.07, 6.45) is 9.07. The van der Waals surface area contributed by atoms with Crippen LogP contribution in [0.3, 0.4) is 0 Å². The van der Waals surface area contributed by atoms with Crippen molar-refractivity contribution in [2.75, 3.05) is 6.61 Å². The van der Waals surface area contributed by atoms with E-state index in [-0.39, 0.29) is 0 Å². The monoisotopic (exact) mass is 228 g/mol. The number of hydrogen-bond acceptors (Lipinski definition) is 1. The molecule has 1 nitrogen and oxygen atoms in total. The Bertz CT molecular complexity index is 144. The zero-order chi connectivity index (χ0) is 12.4. The van der Waals surface area contributed by atoms with E-state index in [2.05, 4.69) is 27.7 Å². The fourth-order valence-electron chi connectivity index (χ4n) is 2.10. The van der Waals surface area contributed by atoms with Crippen molar-refractivity contribution in [2.24, 2.45) is 17.8 Å². The molecule has 0 spiro atoms. The van der Waals surface area contributed by atoms with Crippen LogP contribution < -0.4 is 0 Å². The third kappa shape index (κ3) is 9.21. The second-order valence-electron chi connectivity index (χ2n) is 5.74. The Morgan fingerprint density at radius 3 is 1.75 bits per heavy atom. The molecule has 0 fully saturated rings. The molecular formula is C15H32O. The highest BCUT2D eigenvalue weighted by Gasteiger charge is 2.07. The molecule has 0 aromatic heterocycles. The van der Waals surface area contributed by atoms with Crippen molar-refractivity contribution in [3.8, 4) is 0 Å². The lowest BCUT2D eigenvalue weighted by Crippen LogP contribution is -2.02. The van der Waals surface area contributed by atoms with Crippen molar-refractivity contribution in [3.63, 3.8) is 0 Å². The first kappa shape index (κ1) is 16.0. The molecule has 0 heterocycles. The van der Waals surface area contributed by atoms with Gasteiger partial charge in [0.1, 0.15) is 0 Å². The van der Waals surface area contributed by atoms with E-state index in [0.717, 1.165) is 18.3 Å². The fourth-order valence-corrected chi connectivity index (χ4v) is 2.10. The predicted octanol–water partition coefficient (Wildman–Crippen LogP) is 4.64. The van der Waals surface area contributed by atoms with E-state index >= 15 is 0 Å². The summed E-state index contributed by atoms with van der Waals surface area (Å²) in [4.78, 5) is 0. The predicted molar refractivity (Wildman–Crippen MR) is 72.6 cm³/mol. The van der Waals surface area contributed by atoms with Crippen molar-refractivity contribution in [1.82, 2.24) is 0 Å². The molecule has 0 saturated heterocycles. The number of aliphatic hydroxyl groups is 1. The van der Waals surface area contributed by atoms with E-state index in [9.17, 15) is 0 Å². The second kappa shape index (κ2) is 10.1. The van der Waals surface area contributed by atoms with Crippen LogP contribution in [0.2, 0.25) is 0 Å². The molecule has 1 N–H and O–H groups in total. The van der Waals surface area contributed by atoms with Gasteiger partial charge in [-0.2, -0.15) is 0 Å². The minimum atomic E-state index is 0.352. The van der Waals surface area contributed by atoms with Crippen LogP contribution in [0.15, 0.2) is 0 Å². The van der Waals surface area contributed by atoms with Gasteiger partial charge in [0.25, 0.3) is 0 Å². The van der Waals surface area contributed by atoms with Crippen LogP contribution in [0.1, 0.15) is 72.6 Å². The van der Waals surface area contributed by atoms with Crippen LogP contribution in [0.4, 0.5) is 0 Å². The average Bonchev–Trinajstić information content (AvgIpc) is 2.26. The van der Waals surface area contributed by atoms with Gasteiger partial charge in [-0.3, -0.25) is 0 Å². The first-order valence-corrected chi connectivity index (χ1v) is 7.20. The minimum Gasteiger partial charge on any atom is -0.396 e. The molecule has 0 saturated carbocycles. The van der Waals surface area contributed by atoms with Gasteiger partial charge in [-0.05, 0) is 24.2 Å². The summed E-state index contributed by atoms with van der Waals surface area (Å²) in [5.74, 6) is 2.48. The van der Waals surface area contributed by atoms with E-state index < -0.39 is 0 Å². The van der Waals surface area contributed by atoms with Crippen LogP contribution in [-0.4, -0.2) is 11.7 Å². The summed E-state index contributed by atoms with van der Waals surface area (Å²) in [6, 6.07) is 0. The van der Waals surface area contributed by atoms with Gasteiger partial charge in [-0.25, -0.2) is 0 Å². The van der Waals surface area contributed by atoms with Crippen molar-refractivity contribution < 1.29 is 5.11 Å². The van der Waals surface area contributed by atoms with Gasteiger partial charge in [-0.1, -0.05) is 66.2 Å². The van der Waals surface area contributed by atoms with Gasteiger partial charge in [0.2, 0.25) is 0 Å². The molecule has 0 amide bonds. The van der Waals surface area contributed by atoms with Gasteiger partial charge in [0, 0.05) is 6.61 Å². The summed E-state index contributed by atoms with van der Waals surface area (Å²) in [6.45, 7) is 9.63. The van der Waals surface area contributed by atoms with Gasteiger partial charge >= 0.3 is 0 Å². The molecule has 0 aromatic carbocycles. The maximum absolute atomic E-state index is 8.82. The molecule has 0 aliphatic heterocycles. The molecule has 0 rings (SSSR count). The van der Waals surface area contributed by atoms with Crippen LogP contribution in [0, 0.1) is 17.8 Å². The SMILES string of the molecule is CCC(C)CC[C@H](C)CCC[C@@H](C)CCO. The molecule has 0 aliphatic carbocycles. The first-order valence-electron chi connectivity index (χ1n) is 7.20. The quantitative estimate of drug-likeness (QED) is 0.577. The van der Waals surface area contributed by atoms with E-state index in [0.29, 0.717) is 12.5 Å². The molecule has 0 aromatic rings. The zero-order valence-corrected chi connectivity index (χ0v) is 11.8. The molecule has 0 bridgehead atoms. The summed E-state index contributed by atoms with van der Waals surface area (Å²) in [7, 11) is 0.